The Morgan fingerprint density at radius 1 is 1.40 bits per heavy atom. The fourth-order valence-corrected chi connectivity index (χ4v) is 2.78. The van der Waals surface area contributed by atoms with Gasteiger partial charge in [0.1, 0.15) is 0 Å². The molecule has 0 saturated heterocycles. The second-order valence-corrected chi connectivity index (χ2v) is 4.85. The fraction of sp³-hybridized carbons (Fsp3) is 0.846. The molecule has 2 unspecified atom stereocenters. The molecule has 0 saturated carbocycles. The summed E-state index contributed by atoms with van der Waals surface area (Å²) in [5.41, 5.74) is 0.754. The summed E-state index contributed by atoms with van der Waals surface area (Å²) in [6, 6.07) is 0. The molecule has 2 nitrogen and oxygen atoms in total. The van der Waals surface area contributed by atoms with Gasteiger partial charge in [-0.2, -0.15) is 0 Å². The van der Waals surface area contributed by atoms with Crippen molar-refractivity contribution in [2.24, 2.45) is 11.8 Å². The van der Waals surface area contributed by atoms with Crippen molar-refractivity contribution in [2.45, 2.75) is 52.1 Å². The van der Waals surface area contributed by atoms with E-state index in [2.05, 4.69) is 13.0 Å². The highest BCUT2D eigenvalue weighted by molar-refractivity contribution is 5.09. The molecule has 1 aliphatic rings. The van der Waals surface area contributed by atoms with Crippen LogP contribution < -0.4 is 0 Å². The standard InChI is InChI=1S/C13H24O2/c1-4-13(15,5-2)12-7-6-10(3)8-11(12)9-14/h6,11-12,14-15H,4-5,7-9H2,1-3H3. The minimum absolute atomic E-state index is 0.193. The largest absolute Gasteiger partial charge is 0.396 e. The van der Waals surface area contributed by atoms with E-state index < -0.39 is 5.60 Å². The zero-order chi connectivity index (χ0) is 11.5. The summed E-state index contributed by atoms with van der Waals surface area (Å²) in [6.07, 6.45) is 5.61. The maximum Gasteiger partial charge on any atom is 0.0677 e. The number of allylic oxidation sites excluding steroid dienone is 2. The molecule has 0 heterocycles. The van der Waals surface area contributed by atoms with E-state index >= 15 is 0 Å². The van der Waals surface area contributed by atoms with Gasteiger partial charge in [0.05, 0.1) is 5.60 Å². The lowest BCUT2D eigenvalue weighted by molar-refractivity contribution is -0.0599. The van der Waals surface area contributed by atoms with Gasteiger partial charge in [-0.05, 0) is 44.4 Å². The second-order valence-electron chi connectivity index (χ2n) is 4.85. The third-order valence-corrected chi connectivity index (χ3v) is 4.02. The summed E-state index contributed by atoms with van der Waals surface area (Å²) in [5, 5.41) is 19.9. The van der Waals surface area contributed by atoms with Crippen molar-refractivity contribution in [3.05, 3.63) is 11.6 Å². The van der Waals surface area contributed by atoms with Crippen LogP contribution in [-0.4, -0.2) is 22.4 Å². The van der Waals surface area contributed by atoms with Crippen LogP contribution in [0.2, 0.25) is 0 Å². The van der Waals surface area contributed by atoms with Crippen LogP contribution in [0.3, 0.4) is 0 Å². The zero-order valence-electron chi connectivity index (χ0n) is 10.2. The first-order valence-electron chi connectivity index (χ1n) is 6.06. The first-order chi connectivity index (χ1) is 7.07. The highest BCUT2D eigenvalue weighted by Crippen LogP contribution is 2.39. The summed E-state index contributed by atoms with van der Waals surface area (Å²) in [7, 11) is 0. The van der Waals surface area contributed by atoms with Crippen molar-refractivity contribution < 1.29 is 10.2 Å². The van der Waals surface area contributed by atoms with E-state index in [9.17, 15) is 10.2 Å². The van der Waals surface area contributed by atoms with Gasteiger partial charge < -0.3 is 10.2 Å². The summed E-state index contributed by atoms with van der Waals surface area (Å²) in [6.45, 7) is 6.36. The molecule has 0 aromatic carbocycles. The van der Waals surface area contributed by atoms with Crippen LogP contribution in [0.15, 0.2) is 11.6 Å². The van der Waals surface area contributed by atoms with Crippen molar-refractivity contribution in [1.82, 2.24) is 0 Å². The Morgan fingerprint density at radius 2 is 2.00 bits per heavy atom. The molecule has 88 valence electrons. The number of aliphatic hydroxyl groups is 2. The van der Waals surface area contributed by atoms with Crippen LogP contribution in [0, 0.1) is 11.8 Å². The Bertz CT molecular complexity index is 229. The smallest absolute Gasteiger partial charge is 0.0677 e. The summed E-state index contributed by atoms with van der Waals surface area (Å²) >= 11 is 0. The quantitative estimate of drug-likeness (QED) is 0.703. The maximum absolute atomic E-state index is 10.5. The first-order valence-corrected chi connectivity index (χ1v) is 6.06. The van der Waals surface area contributed by atoms with Gasteiger partial charge in [0, 0.05) is 6.61 Å². The average Bonchev–Trinajstić information content (AvgIpc) is 2.27. The average molecular weight is 212 g/mol. The molecule has 0 aromatic rings. The van der Waals surface area contributed by atoms with Crippen LogP contribution in [0.5, 0.6) is 0 Å². The minimum atomic E-state index is -0.593. The Hall–Kier alpha value is -0.340. The van der Waals surface area contributed by atoms with E-state index in [1.807, 2.05) is 13.8 Å². The molecule has 0 aromatic heterocycles. The van der Waals surface area contributed by atoms with Gasteiger partial charge in [-0.1, -0.05) is 25.5 Å². The monoisotopic (exact) mass is 212 g/mol. The van der Waals surface area contributed by atoms with Crippen LogP contribution >= 0.6 is 0 Å². The molecule has 0 aliphatic heterocycles. The predicted octanol–water partition coefficient (Wildman–Crippen LogP) is 2.50. The Balaban J connectivity index is 2.83. The van der Waals surface area contributed by atoms with Crippen LogP contribution in [0.25, 0.3) is 0 Å². The Kier molecular flexibility index (Phi) is 4.35. The lowest BCUT2D eigenvalue weighted by atomic mass is 9.69. The molecule has 1 aliphatic carbocycles. The van der Waals surface area contributed by atoms with Crippen molar-refractivity contribution in [2.75, 3.05) is 6.61 Å². The Morgan fingerprint density at radius 3 is 2.47 bits per heavy atom. The van der Waals surface area contributed by atoms with Crippen LogP contribution in [-0.2, 0) is 0 Å². The van der Waals surface area contributed by atoms with E-state index in [0.29, 0.717) is 0 Å². The third-order valence-electron chi connectivity index (χ3n) is 4.02. The maximum atomic E-state index is 10.5. The predicted molar refractivity (Wildman–Crippen MR) is 62.6 cm³/mol. The molecule has 15 heavy (non-hydrogen) atoms. The highest BCUT2D eigenvalue weighted by Gasteiger charge is 2.39. The van der Waals surface area contributed by atoms with E-state index in [-0.39, 0.29) is 18.4 Å². The first kappa shape index (κ1) is 12.7. The zero-order valence-corrected chi connectivity index (χ0v) is 10.2. The SMILES string of the molecule is CCC(O)(CC)C1CC=C(C)CC1CO. The number of aliphatic hydroxyl groups excluding tert-OH is 1. The molecule has 0 spiro atoms. The van der Waals surface area contributed by atoms with Gasteiger partial charge >= 0.3 is 0 Å². The molecule has 0 fully saturated rings. The van der Waals surface area contributed by atoms with E-state index in [0.717, 1.165) is 25.7 Å². The molecule has 2 atom stereocenters. The van der Waals surface area contributed by atoms with Crippen LogP contribution in [0.4, 0.5) is 0 Å². The van der Waals surface area contributed by atoms with Crippen molar-refractivity contribution in [1.29, 1.82) is 0 Å². The van der Waals surface area contributed by atoms with Gasteiger partial charge in [0.15, 0.2) is 0 Å². The van der Waals surface area contributed by atoms with Gasteiger partial charge in [-0.15, -0.1) is 0 Å². The van der Waals surface area contributed by atoms with Gasteiger partial charge in [0.2, 0.25) is 0 Å². The molecule has 0 amide bonds. The molecular formula is C13H24O2. The lowest BCUT2D eigenvalue weighted by Crippen LogP contribution is -2.43. The van der Waals surface area contributed by atoms with Gasteiger partial charge in [0.25, 0.3) is 0 Å². The number of hydrogen-bond acceptors (Lipinski definition) is 2. The fourth-order valence-electron chi connectivity index (χ4n) is 2.78. The molecule has 0 bridgehead atoms. The minimum Gasteiger partial charge on any atom is -0.396 e. The molecule has 2 heteroatoms. The van der Waals surface area contributed by atoms with Crippen molar-refractivity contribution in [3.63, 3.8) is 0 Å². The molecule has 1 rings (SSSR count). The van der Waals surface area contributed by atoms with Gasteiger partial charge in [-0.3, -0.25) is 0 Å². The van der Waals surface area contributed by atoms with Crippen molar-refractivity contribution in [3.8, 4) is 0 Å². The molecule has 2 N–H and O–H groups in total. The van der Waals surface area contributed by atoms with E-state index in [4.69, 9.17) is 0 Å². The highest BCUT2D eigenvalue weighted by atomic mass is 16.3. The van der Waals surface area contributed by atoms with E-state index in [1.165, 1.54) is 5.57 Å². The lowest BCUT2D eigenvalue weighted by Gasteiger charge is -2.41. The van der Waals surface area contributed by atoms with Crippen LogP contribution in [0.1, 0.15) is 46.5 Å². The normalized spacial score (nSPS) is 27.7. The summed E-state index contributed by atoms with van der Waals surface area (Å²) < 4.78 is 0. The van der Waals surface area contributed by atoms with Gasteiger partial charge in [-0.25, -0.2) is 0 Å². The summed E-state index contributed by atoms with van der Waals surface area (Å²) in [4.78, 5) is 0. The topological polar surface area (TPSA) is 40.5 Å². The Labute approximate surface area is 93.0 Å². The van der Waals surface area contributed by atoms with E-state index in [1.54, 1.807) is 0 Å². The number of rotatable bonds is 4. The number of hydrogen-bond donors (Lipinski definition) is 2. The molecule has 0 radical (unpaired) electrons. The molecular weight excluding hydrogens is 188 g/mol. The third kappa shape index (κ3) is 2.61. The van der Waals surface area contributed by atoms with Crippen molar-refractivity contribution >= 4 is 0 Å². The second kappa shape index (κ2) is 5.13. The summed E-state index contributed by atoms with van der Waals surface area (Å²) in [5.74, 6) is 0.459.